The summed E-state index contributed by atoms with van der Waals surface area (Å²) in [6.45, 7) is 1.04. The van der Waals surface area contributed by atoms with E-state index in [1.165, 1.54) is 24.1 Å². The first-order valence-corrected chi connectivity index (χ1v) is 8.46. The highest BCUT2D eigenvalue weighted by atomic mass is 16.6. The zero-order valence-electron chi connectivity index (χ0n) is 16.0. The van der Waals surface area contributed by atoms with E-state index in [4.69, 9.17) is 4.74 Å². The maximum atomic E-state index is 10.7. The highest BCUT2D eigenvalue weighted by Gasteiger charge is 2.53. The minimum Gasteiger partial charge on any atom is -0.394 e. The van der Waals surface area contributed by atoms with Gasteiger partial charge in [0.05, 0.1) is 12.9 Å². The van der Waals surface area contributed by atoms with Crippen molar-refractivity contribution in [3.05, 3.63) is 12.7 Å². The summed E-state index contributed by atoms with van der Waals surface area (Å²) in [7, 11) is 7.24. The van der Waals surface area contributed by atoms with E-state index in [1.54, 1.807) is 11.9 Å². The van der Waals surface area contributed by atoms with Crippen LogP contribution in [0.3, 0.4) is 0 Å². The Morgan fingerprint density at radius 2 is 2.04 bits per heavy atom. The first kappa shape index (κ1) is 19.4. The Labute approximate surface area is 156 Å². The second kappa shape index (κ2) is 7.00. The smallest absolute Gasteiger partial charge is 0.201 e. The number of ether oxygens (including phenoxy) is 1. The van der Waals surface area contributed by atoms with Gasteiger partial charge in [-0.05, 0) is 6.92 Å². The lowest BCUT2D eigenvalue weighted by atomic mass is 9.96. The lowest BCUT2D eigenvalue weighted by Crippen LogP contribution is -2.44. The van der Waals surface area contributed by atoms with Gasteiger partial charge in [0.2, 0.25) is 5.96 Å². The third kappa shape index (κ3) is 3.02. The van der Waals surface area contributed by atoms with E-state index in [9.17, 15) is 15.3 Å². The Kier molecular flexibility index (Phi) is 5.04. The number of guanidine groups is 1. The van der Waals surface area contributed by atoms with Crippen LogP contribution in [-0.4, -0.2) is 98.3 Å². The van der Waals surface area contributed by atoms with E-state index in [0.29, 0.717) is 22.9 Å². The van der Waals surface area contributed by atoms with Crippen molar-refractivity contribution < 1.29 is 20.1 Å². The van der Waals surface area contributed by atoms with Crippen LogP contribution in [0.2, 0.25) is 0 Å². The van der Waals surface area contributed by atoms with Crippen molar-refractivity contribution in [3.8, 4) is 0 Å². The molecular formula is C16H25N7O4. The van der Waals surface area contributed by atoms with E-state index >= 15 is 0 Å². The van der Waals surface area contributed by atoms with Crippen molar-refractivity contribution in [1.29, 1.82) is 0 Å². The van der Waals surface area contributed by atoms with Crippen molar-refractivity contribution >= 4 is 22.9 Å². The third-order valence-electron chi connectivity index (χ3n) is 4.74. The van der Waals surface area contributed by atoms with Crippen molar-refractivity contribution in [2.45, 2.75) is 31.0 Å². The van der Waals surface area contributed by atoms with Gasteiger partial charge in [0.1, 0.15) is 24.1 Å². The number of rotatable bonds is 3. The van der Waals surface area contributed by atoms with E-state index < -0.39 is 30.6 Å². The topological polar surface area (TPSA) is 132 Å². The number of aliphatic imine (C=N–C) groups is 1. The molecule has 1 saturated heterocycles. The van der Waals surface area contributed by atoms with Crippen LogP contribution in [0.15, 0.2) is 17.6 Å². The predicted octanol–water partition coefficient (Wildman–Crippen LogP) is -1.19. The molecule has 1 aliphatic heterocycles. The van der Waals surface area contributed by atoms with E-state index in [-0.39, 0.29) is 0 Å². The van der Waals surface area contributed by atoms with Gasteiger partial charge in [-0.25, -0.2) is 15.0 Å². The molecule has 0 spiro atoms. The summed E-state index contributed by atoms with van der Waals surface area (Å²) in [5.41, 5.74) is -0.709. The van der Waals surface area contributed by atoms with Gasteiger partial charge in [-0.1, -0.05) is 0 Å². The highest BCUT2D eigenvalue weighted by Crippen LogP contribution is 2.39. The molecule has 148 valence electrons. The summed E-state index contributed by atoms with van der Waals surface area (Å²) in [5, 5.41) is 30.3. The monoisotopic (exact) mass is 379 g/mol. The molecule has 0 aromatic carbocycles. The highest BCUT2D eigenvalue weighted by molar-refractivity contribution is 6.00. The molecule has 1 aliphatic rings. The second-order valence-corrected chi connectivity index (χ2v) is 6.88. The van der Waals surface area contributed by atoms with Gasteiger partial charge in [-0.2, -0.15) is 0 Å². The number of anilines is 1. The number of aliphatic hydroxyl groups excluding tert-OH is 2. The normalized spacial score (nSPS) is 28.7. The molecule has 4 atom stereocenters. The Hall–Kier alpha value is -2.34. The predicted molar refractivity (Wildman–Crippen MR) is 98.4 cm³/mol. The lowest BCUT2D eigenvalue weighted by molar-refractivity contribution is -0.0950. The lowest BCUT2D eigenvalue weighted by Gasteiger charge is -2.27. The van der Waals surface area contributed by atoms with Crippen molar-refractivity contribution in [2.24, 2.45) is 4.99 Å². The summed E-state index contributed by atoms with van der Waals surface area (Å²) in [5.74, 6) is 1.20. The second-order valence-electron chi connectivity index (χ2n) is 6.88. The molecule has 0 radical (unpaired) electrons. The molecule has 2 aromatic heterocycles. The van der Waals surface area contributed by atoms with Gasteiger partial charge in [-0.3, -0.25) is 14.5 Å². The Morgan fingerprint density at radius 3 is 2.59 bits per heavy atom. The fourth-order valence-electron chi connectivity index (χ4n) is 3.39. The van der Waals surface area contributed by atoms with Crippen LogP contribution in [0, 0.1) is 0 Å². The summed E-state index contributed by atoms with van der Waals surface area (Å²) in [6, 6.07) is 0. The molecule has 3 heterocycles. The zero-order valence-corrected chi connectivity index (χ0v) is 16.0. The van der Waals surface area contributed by atoms with Crippen molar-refractivity contribution in [3.63, 3.8) is 0 Å². The molecule has 3 N–H and O–H groups in total. The SMILES string of the molecule is CN=C(N(C)C)N(C)c1ncnc2c1ncn2C1O[C@H](CO)[C@@H](O)[C@@]1(C)O. The maximum absolute atomic E-state index is 10.7. The molecule has 11 heteroatoms. The Balaban J connectivity index is 2.07. The summed E-state index contributed by atoms with van der Waals surface area (Å²) in [6.07, 6.45) is -0.254. The van der Waals surface area contributed by atoms with Crippen molar-refractivity contribution in [1.82, 2.24) is 24.4 Å². The number of aromatic nitrogens is 4. The molecule has 1 unspecified atom stereocenters. The number of nitrogens with zero attached hydrogens (tertiary/aromatic N) is 7. The molecule has 0 bridgehead atoms. The number of fused-ring (bicyclic) bond motifs is 1. The van der Waals surface area contributed by atoms with Gasteiger partial charge >= 0.3 is 0 Å². The number of hydrogen-bond acceptors (Lipinski definition) is 8. The zero-order chi connectivity index (χ0) is 19.9. The van der Waals surface area contributed by atoms with Crippen molar-refractivity contribution in [2.75, 3.05) is 39.7 Å². The average Bonchev–Trinajstić information content (AvgIpc) is 3.14. The molecule has 0 aliphatic carbocycles. The molecule has 0 amide bonds. The minimum atomic E-state index is -1.63. The summed E-state index contributed by atoms with van der Waals surface area (Å²) >= 11 is 0. The Bertz CT molecular complexity index is 850. The first-order chi connectivity index (χ1) is 12.7. The molecule has 3 rings (SSSR count). The van der Waals surface area contributed by atoms with Crippen LogP contribution in [0.1, 0.15) is 13.2 Å². The van der Waals surface area contributed by atoms with Crippen LogP contribution in [0.5, 0.6) is 0 Å². The van der Waals surface area contributed by atoms with Crippen LogP contribution < -0.4 is 4.90 Å². The molecule has 2 aromatic rings. The molecular weight excluding hydrogens is 354 g/mol. The van der Waals surface area contributed by atoms with E-state index in [1.807, 2.05) is 26.0 Å². The third-order valence-corrected chi connectivity index (χ3v) is 4.74. The summed E-state index contributed by atoms with van der Waals surface area (Å²) < 4.78 is 7.20. The van der Waals surface area contributed by atoms with E-state index in [0.717, 1.165) is 0 Å². The molecule has 27 heavy (non-hydrogen) atoms. The van der Waals surface area contributed by atoms with Gasteiger partial charge in [0, 0.05) is 28.2 Å². The summed E-state index contributed by atoms with van der Waals surface area (Å²) in [4.78, 5) is 20.9. The Morgan fingerprint density at radius 1 is 1.33 bits per heavy atom. The largest absolute Gasteiger partial charge is 0.394 e. The van der Waals surface area contributed by atoms with Gasteiger partial charge < -0.3 is 25.0 Å². The fraction of sp³-hybridized carbons (Fsp3) is 0.625. The maximum Gasteiger partial charge on any atom is 0.201 e. The minimum absolute atomic E-state index is 0.414. The van der Waals surface area contributed by atoms with Crippen LogP contribution in [0.4, 0.5) is 5.82 Å². The number of aliphatic hydroxyl groups is 3. The van der Waals surface area contributed by atoms with Gasteiger partial charge in [-0.15, -0.1) is 0 Å². The number of hydrogen-bond donors (Lipinski definition) is 3. The van der Waals surface area contributed by atoms with E-state index in [2.05, 4.69) is 19.9 Å². The average molecular weight is 379 g/mol. The van der Waals surface area contributed by atoms with Crippen LogP contribution in [-0.2, 0) is 4.74 Å². The quantitative estimate of drug-likeness (QED) is 0.445. The van der Waals surface area contributed by atoms with Crippen LogP contribution >= 0.6 is 0 Å². The van der Waals surface area contributed by atoms with Crippen LogP contribution in [0.25, 0.3) is 11.2 Å². The number of imidazole rings is 1. The standard InChI is InChI=1S/C16H25N7O4/c1-16(26)11(25)9(6-24)27-14(16)23-8-20-10-12(18-7-19-13(10)23)22(5)15(17-2)21(3)4/h7-9,11,14,24-26H,6H2,1-5H3/t9-,11-,14?,16-/m1/s1. The molecule has 1 fully saturated rings. The first-order valence-electron chi connectivity index (χ1n) is 8.46. The van der Waals surface area contributed by atoms with Gasteiger partial charge in [0.25, 0.3) is 0 Å². The molecule has 0 saturated carbocycles. The molecule has 11 nitrogen and oxygen atoms in total. The van der Waals surface area contributed by atoms with Gasteiger partial charge in [0.15, 0.2) is 23.2 Å². The fourth-order valence-corrected chi connectivity index (χ4v) is 3.39.